The molecule has 0 spiro atoms. The van der Waals surface area contributed by atoms with Crippen molar-refractivity contribution in [1.82, 2.24) is 14.7 Å². The van der Waals surface area contributed by atoms with Gasteiger partial charge in [0.1, 0.15) is 0 Å². The zero-order chi connectivity index (χ0) is 14.8. The average Bonchev–Trinajstić information content (AvgIpc) is 3.17. The second kappa shape index (κ2) is 6.22. The van der Waals surface area contributed by atoms with E-state index in [0.29, 0.717) is 25.6 Å². The lowest BCUT2D eigenvalue weighted by atomic mass is 9.99. The predicted molar refractivity (Wildman–Crippen MR) is 78.1 cm³/mol. The smallest absolute Gasteiger partial charge is 0.320 e. The van der Waals surface area contributed by atoms with Crippen molar-refractivity contribution in [3.8, 4) is 0 Å². The number of urea groups is 1. The quantitative estimate of drug-likeness (QED) is 0.828. The molecule has 6 nitrogen and oxygen atoms in total. The number of hydrogen-bond acceptors (Lipinski definition) is 3. The Hall–Kier alpha value is -1.30. The van der Waals surface area contributed by atoms with Crippen molar-refractivity contribution in [2.24, 2.45) is 5.92 Å². The molecule has 0 radical (unpaired) electrons. The molecule has 3 fully saturated rings. The number of rotatable bonds is 2. The maximum absolute atomic E-state index is 12.6. The van der Waals surface area contributed by atoms with Gasteiger partial charge >= 0.3 is 12.0 Å². The third-order valence-electron chi connectivity index (χ3n) is 5.13. The summed E-state index contributed by atoms with van der Waals surface area (Å²) in [6, 6.07) is 0.555. The Labute approximate surface area is 125 Å². The molecule has 3 aliphatic rings. The van der Waals surface area contributed by atoms with Crippen molar-refractivity contribution in [3.63, 3.8) is 0 Å². The maximum atomic E-state index is 12.6. The van der Waals surface area contributed by atoms with Crippen LogP contribution in [0.2, 0.25) is 0 Å². The van der Waals surface area contributed by atoms with Gasteiger partial charge in [0.25, 0.3) is 0 Å². The van der Waals surface area contributed by atoms with Gasteiger partial charge in [0.2, 0.25) is 0 Å². The van der Waals surface area contributed by atoms with E-state index in [1.807, 2.05) is 4.90 Å². The number of likely N-dealkylation sites (tertiary alicyclic amines) is 3. The first kappa shape index (κ1) is 14.6. The fourth-order valence-electron chi connectivity index (χ4n) is 3.87. The Balaban J connectivity index is 1.54. The molecule has 0 bridgehead atoms. The molecular weight excluding hydrogens is 270 g/mol. The molecule has 118 valence electrons. The van der Waals surface area contributed by atoms with Gasteiger partial charge in [-0.2, -0.15) is 0 Å². The van der Waals surface area contributed by atoms with Gasteiger partial charge in [-0.15, -0.1) is 0 Å². The van der Waals surface area contributed by atoms with E-state index in [1.165, 1.54) is 12.8 Å². The lowest BCUT2D eigenvalue weighted by molar-refractivity contribution is -0.143. The van der Waals surface area contributed by atoms with Crippen LogP contribution in [0.5, 0.6) is 0 Å². The highest BCUT2D eigenvalue weighted by Crippen LogP contribution is 2.23. The zero-order valence-corrected chi connectivity index (χ0v) is 12.5. The highest BCUT2D eigenvalue weighted by molar-refractivity contribution is 5.77. The molecule has 21 heavy (non-hydrogen) atoms. The molecule has 0 saturated carbocycles. The Kier molecular flexibility index (Phi) is 4.33. The largest absolute Gasteiger partial charge is 0.481 e. The number of nitrogens with zero attached hydrogens (tertiary/aromatic N) is 3. The minimum Gasteiger partial charge on any atom is -0.481 e. The number of aliphatic carboxylic acids is 1. The first-order valence-corrected chi connectivity index (χ1v) is 8.16. The number of carbonyl (C=O) groups is 2. The van der Waals surface area contributed by atoms with Crippen LogP contribution in [0.1, 0.15) is 32.1 Å². The number of hydrogen-bond donors (Lipinski definition) is 1. The average molecular weight is 295 g/mol. The van der Waals surface area contributed by atoms with Crippen LogP contribution in [0.25, 0.3) is 0 Å². The van der Waals surface area contributed by atoms with Crippen molar-refractivity contribution < 1.29 is 14.7 Å². The van der Waals surface area contributed by atoms with E-state index < -0.39 is 5.97 Å². The molecular formula is C15H25N3O3. The number of piperidine rings is 1. The molecule has 0 aromatic carbocycles. The van der Waals surface area contributed by atoms with Crippen molar-refractivity contribution in [2.75, 3.05) is 39.3 Å². The van der Waals surface area contributed by atoms with Gasteiger partial charge in [-0.3, -0.25) is 9.69 Å². The van der Waals surface area contributed by atoms with Crippen LogP contribution in [-0.4, -0.2) is 77.1 Å². The highest BCUT2D eigenvalue weighted by Gasteiger charge is 2.35. The van der Waals surface area contributed by atoms with Crippen molar-refractivity contribution >= 4 is 12.0 Å². The summed E-state index contributed by atoms with van der Waals surface area (Å²) in [5.41, 5.74) is 0. The standard InChI is InChI=1S/C15H25N3O3/c19-14(20)12-4-3-8-17(10-12)15(21)18-9-5-13(11-18)16-6-1-2-7-16/h12-13H,1-11H2,(H,19,20)/t12-,13?/m1/s1. The van der Waals surface area contributed by atoms with Gasteiger partial charge < -0.3 is 14.9 Å². The van der Waals surface area contributed by atoms with Crippen molar-refractivity contribution in [1.29, 1.82) is 0 Å². The second-order valence-corrected chi connectivity index (χ2v) is 6.54. The summed E-state index contributed by atoms with van der Waals surface area (Å²) in [5.74, 6) is -1.16. The third kappa shape index (κ3) is 3.15. The summed E-state index contributed by atoms with van der Waals surface area (Å²) in [7, 11) is 0. The predicted octanol–water partition coefficient (Wildman–Crippen LogP) is 1.07. The summed E-state index contributed by atoms with van der Waals surface area (Å²) in [6.45, 7) is 5.03. The van der Waals surface area contributed by atoms with Gasteiger partial charge in [-0.1, -0.05) is 0 Å². The van der Waals surface area contributed by atoms with Gasteiger partial charge in [0, 0.05) is 32.2 Å². The molecule has 3 rings (SSSR count). The molecule has 1 unspecified atom stereocenters. The molecule has 1 N–H and O–H groups in total. The first-order chi connectivity index (χ1) is 10.1. The maximum Gasteiger partial charge on any atom is 0.320 e. The van der Waals surface area contributed by atoms with Gasteiger partial charge in [0.05, 0.1) is 5.92 Å². The van der Waals surface area contributed by atoms with Crippen LogP contribution in [0.3, 0.4) is 0 Å². The molecule has 0 aliphatic carbocycles. The Morgan fingerprint density at radius 3 is 2.29 bits per heavy atom. The van der Waals surface area contributed by atoms with Crippen molar-refractivity contribution in [3.05, 3.63) is 0 Å². The van der Waals surface area contributed by atoms with Gasteiger partial charge in [-0.05, 0) is 45.2 Å². The van der Waals surface area contributed by atoms with Crippen LogP contribution in [0.15, 0.2) is 0 Å². The topological polar surface area (TPSA) is 64.1 Å². The van der Waals surface area contributed by atoms with E-state index in [4.69, 9.17) is 5.11 Å². The molecule has 2 amide bonds. The molecule has 3 heterocycles. The second-order valence-electron chi connectivity index (χ2n) is 6.54. The third-order valence-corrected chi connectivity index (χ3v) is 5.13. The number of carboxylic acid groups (broad SMARTS) is 1. The SMILES string of the molecule is O=C(O)[C@@H]1CCCN(C(=O)N2CCC(N3CCCC3)C2)C1. The monoisotopic (exact) mass is 295 g/mol. The summed E-state index contributed by atoms with van der Waals surface area (Å²) in [4.78, 5) is 29.9. The van der Waals surface area contributed by atoms with Gasteiger partial charge in [0.15, 0.2) is 0 Å². The zero-order valence-electron chi connectivity index (χ0n) is 12.5. The summed E-state index contributed by atoms with van der Waals surface area (Å²) in [5, 5.41) is 9.13. The van der Waals surface area contributed by atoms with E-state index in [2.05, 4.69) is 4.90 Å². The Morgan fingerprint density at radius 2 is 1.57 bits per heavy atom. The van der Waals surface area contributed by atoms with Crippen LogP contribution >= 0.6 is 0 Å². The lowest BCUT2D eigenvalue weighted by Gasteiger charge is -2.34. The number of amides is 2. The molecule has 0 aromatic rings. The van der Waals surface area contributed by atoms with Crippen molar-refractivity contribution in [2.45, 2.75) is 38.1 Å². The van der Waals surface area contributed by atoms with Crippen LogP contribution in [-0.2, 0) is 4.79 Å². The Morgan fingerprint density at radius 1 is 0.857 bits per heavy atom. The molecule has 6 heteroatoms. The summed E-state index contributed by atoms with van der Waals surface area (Å²) < 4.78 is 0. The normalized spacial score (nSPS) is 30.9. The van der Waals surface area contributed by atoms with E-state index >= 15 is 0 Å². The van der Waals surface area contributed by atoms with E-state index in [0.717, 1.165) is 39.0 Å². The van der Waals surface area contributed by atoms with Crippen LogP contribution in [0, 0.1) is 5.92 Å². The summed E-state index contributed by atoms with van der Waals surface area (Å²) in [6.07, 6.45) is 5.09. The van der Waals surface area contributed by atoms with E-state index in [-0.39, 0.29) is 11.9 Å². The molecule has 3 saturated heterocycles. The lowest BCUT2D eigenvalue weighted by Crippen LogP contribution is -2.48. The minimum atomic E-state index is -0.774. The van der Waals surface area contributed by atoms with E-state index in [9.17, 15) is 9.59 Å². The summed E-state index contributed by atoms with van der Waals surface area (Å²) >= 11 is 0. The molecule has 3 aliphatic heterocycles. The highest BCUT2D eigenvalue weighted by atomic mass is 16.4. The fourth-order valence-corrected chi connectivity index (χ4v) is 3.87. The molecule has 2 atom stereocenters. The van der Waals surface area contributed by atoms with E-state index in [1.54, 1.807) is 4.90 Å². The Bertz CT molecular complexity index is 409. The fraction of sp³-hybridized carbons (Fsp3) is 0.867. The van der Waals surface area contributed by atoms with Gasteiger partial charge in [-0.25, -0.2) is 4.79 Å². The number of carboxylic acids is 1. The molecule has 0 aromatic heterocycles. The number of carbonyl (C=O) groups excluding carboxylic acids is 1. The van der Waals surface area contributed by atoms with Crippen LogP contribution in [0.4, 0.5) is 4.79 Å². The minimum absolute atomic E-state index is 0.0441. The first-order valence-electron chi connectivity index (χ1n) is 8.16. The van der Waals surface area contributed by atoms with Crippen LogP contribution < -0.4 is 0 Å².